The Bertz CT molecular complexity index is 1140. The fraction of sp³-hybridized carbons (Fsp3) is 0.318. The van der Waals surface area contributed by atoms with Gasteiger partial charge in [-0.05, 0) is 28.8 Å². The number of phosphoric ester groups is 1. The Morgan fingerprint density at radius 3 is 2.25 bits per heavy atom. The van der Waals surface area contributed by atoms with Crippen molar-refractivity contribution in [1.82, 2.24) is 5.32 Å². The number of carbonyl (C=O) groups is 2. The first-order valence-corrected chi connectivity index (χ1v) is 12.0. The summed E-state index contributed by atoms with van der Waals surface area (Å²) in [6, 6.07) is 15.0. The van der Waals surface area contributed by atoms with Gasteiger partial charge in [-0.2, -0.15) is 0 Å². The van der Waals surface area contributed by atoms with E-state index in [1.165, 1.54) is 11.8 Å². The molecule has 0 aliphatic carbocycles. The summed E-state index contributed by atoms with van der Waals surface area (Å²) in [4.78, 5) is 51.1. The van der Waals surface area contributed by atoms with Crippen LogP contribution in [-0.4, -0.2) is 49.6 Å². The van der Waals surface area contributed by atoms with Crippen LogP contribution in [0, 0.1) is 0 Å². The first-order valence-electron chi connectivity index (χ1n) is 10.5. The third-order valence-corrected chi connectivity index (χ3v) is 5.80. The molecule has 1 N–H and O–H groups in total. The van der Waals surface area contributed by atoms with E-state index in [0.29, 0.717) is 24.4 Å². The molecule has 2 aliphatic heterocycles. The molecule has 0 bridgehead atoms. The monoisotopic (exact) mass is 533 g/mol. The summed E-state index contributed by atoms with van der Waals surface area (Å²) in [5.74, 6) is -0.179. The van der Waals surface area contributed by atoms with Crippen molar-refractivity contribution in [2.24, 2.45) is 5.16 Å². The number of nitrogens with one attached hydrogen (secondary N) is 1. The molecule has 36 heavy (non-hydrogen) atoms. The van der Waals surface area contributed by atoms with Gasteiger partial charge in [0.2, 0.25) is 5.91 Å². The molecule has 2 atom stereocenters. The molecule has 2 heterocycles. The molecule has 180 valence electrons. The summed E-state index contributed by atoms with van der Waals surface area (Å²) in [6.07, 6.45) is -1.16. The zero-order valence-electron chi connectivity index (χ0n) is 20.2. The Morgan fingerprint density at radius 1 is 1.08 bits per heavy atom. The van der Waals surface area contributed by atoms with Gasteiger partial charge in [0.25, 0.3) is 0 Å². The molecule has 0 radical (unpaired) electrons. The van der Waals surface area contributed by atoms with Crippen molar-refractivity contribution in [3.05, 3.63) is 54.1 Å². The minimum atomic E-state index is -5.05. The summed E-state index contributed by atoms with van der Waals surface area (Å²) in [7, 11) is -5.05. The number of benzene rings is 2. The minimum Gasteiger partial charge on any atom is -0.790 e. The average molecular weight is 533 g/mol. The molecular formula is C22H22N3Na2O8P. The van der Waals surface area contributed by atoms with Gasteiger partial charge < -0.3 is 33.8 Å². The van der Waals surface area contributed by atoms with Crippen LogP contribution in [0.5, 0.6) is 0 Å². The number of amides is 2. The van der Waals surface area contributed by atoms with Gasteiger partial charge in [-0.3, -0.25) is 9.69 Å². The van der Waals surface area contributed by atoms with E-state index in [4.69, 9.17) is 9.57 Å². The van der Waals surface area contributed by atoms with Crippen molar-refractivity contribution >= 4 is 31.2 Å². The van der Waals surface area contributed by atoms with E-state index in [1.807, 2.05) is 48.5 Å². The molecule has 0 saturated carbocycles. The Morgan fingerprint density at radius 2 is 1.67 bits per heavy atom. The van der Waals surface area contributed by atoms with E-state index >= 15 is 0 Å². The molecule has 2 aliphatic rings. The first-order chi connectivity index (χ1) is 16.2. The van der Waals surface area contributed by atoms with Gasteiger partial charge in [0.1, 0.15) is 6.10 Å². The molecular weight excluding hydrogens is 511 g/mol. The average Bonchev–Trinajstić information content (AvgIpc) is 3.43. The maximum Gasteiger partial charge on any atom is 1.00 e. The predicted octanol–water partition coefficient (Wildman–Crippen LogP) is -4.84. The Kier molecular flexibility index (Phi) is 11.6. The number of ether oxygens (including phenoxy) is 1. The van der Waals surface area contributed by atoms with Gasteiger partial charge >= 0.3 is 65.2 Å². The number of hydrogen-bond acceptors (Lipinski definition) is 9. The predicted molar refractivity (Wildman–Crippen MR) is 118 cm³/mol. The van der Waals surface area contributed by atoms with Crippen molar-refractivity contribution in [2.45, 2.75) is 25.6 Å². The third kappa shape index (κ3) is 8.39. The Hall–Kier alpha value is -1.24. The van der Waals surface area contributed by atoms with E-state index in [0.717, 1.165) is 16.7 Å². The van der Waals surface area contributed by atoms with Crippen molar-refractivity contribution in [2.75, 3.05) is 24.6 Å². The smallest absolute Gasteiger partial charge is 0.790 e. The minimum absolute atomic E-state index is 0. The van der Waals surface area contributed by atoms with Crippen LogP contribution in [0.2, 0.25) is 0 Å². The van der Waals surface area contributed by atoms with Gasteiger partial charge in [0.05, 0.1) is 33.2 Å². The van der Waals surface area contributed by atoms with Gasteiger partial charge in [0, 0.05) is 19.0 Å². The van der Waals surface area contributed by atoms with Crippen LogP contribution in [0.25, 0.3) is 11.1 Å². The Balaban J connectivity index is 0.00000228. The second-order valence-corrected chi connectivity index (χ2v) is 9.04. The molecule has 1 saturated heterocycles. The van der Waals surface area contributed by atoms with Crippen LogP contribution >= 0.6 is 7.82 Å². The van der Waals surface area contributed by atoms with E-state index < -0.39 is 26.1 Å². The number of anilines is 1. The van der Waals surface area contributed by atoms with E-state index in [1.54, 1.807) is 0 Å². The van der Waals surface area contributed by atoms with Crippen molar-refractivity contribution in [3.63, 3.8) is 0 Å². The van der Waals surface area contributed by atoms with Crippen LogP contribution in [0.3, 0.4) is 0 Å². The van der Waals surface area contributed by atoms with Crippen LogP contribution in [0.1, 0.15) is 18.9 Å². The number of carbonyl (C=O) groups excluding carboxylic acids is 2. The second kappa shape index (κ2) is 13.5. The molecule has 0 aromatic heterocycles. The van der Waals surface area contributed by atoms with Gasteiger partial charge in [-0.1, -0.05) is 41.6 Å². The van der Waals surface area contributed by atoms with Crippen LogP contribution in [-0.2, 0) is 23.5 Å². The molecule has 11 nitrogen and oxygen atoms in total. The van der Waals surface area contributed by atoms with Gasteiger partial charge in [0.15, 0.2) is 6.10 Å². The quantitative estimate of drug-likeness (QED) is 0.262. The third-order valence-electron chi connectivity index (χ3n) is 5.33. The summed E-state index contributed by atoms with van der Waals surface area (Å²) >= 11 is 0. The number of phosphoric acid groups is 1. The fourth-order valence-corrected chi connectivity index (χ4v) is 4.00. The van der Waals surface area contributed by atoms with Gasteiger partial charge in [-0.25, -0.2) is 4.79 Å². The summed E-state index contributed by atoms with van der Waals surface area (Å²) in [6.45, 7) is 1.65. The summed E-state index contributed by atoms with van der Waals surface area (Å²) in [5.41, 5.74) is 4.02. The zero-order chi connectivity index (χ0) is 24.3. The normalized spacial score (nSPS) is 18.9. The second-order valence-electron chi connectivity index (χ2n) is 7.89. The Labute approximate surface area is 252 Å². The largest absolute Gasteiger partial charge is 1.00 e. The van der Waals surface area contributed by atoms with E-state index in [9.17, 15) is 23.9 Å². The number of cyclic esters (lactones) is 1. The fourth-order valence-electron chi connectivity index (χ4n) is 3.65. The van der Waals surface area contributed by atoms with Crippen molar-refractivity contribution in [1.29, 1.82) is 0 Å². The number of hydrogen-bond donors (Lipinski definition) is 1. The molecule has 1 unspecified atom stereocenters. The molecule has 0 spiro atoms. The topological polar surface area (TPSA) is 153 Å². The van der Waals surface area contributed by atoms with Crippen LogP contribution in [0.15, 0.2) is 53.7 Å². The van der Waals surface area contributed by atoms with E-state index in [2.05, 4.69) is 15.0 Å². The number of oxime groups is 1. The first kappa shape index (κ1) is 31.0. The maximum atomic E-state index is 12.2. The van der Waals surface area contributed by atoms with Crippen LogP contribution in [0.4, 0.5) is 10.5 Å². The number of nitrogens with zero attached hydrogens (tertiary/aromatic N) is 2. The van der Waals surface area contributed by atoms with E-state index in [-0.39, 0.29) is 78.2 Å². The zero-order valence-corrected chi connectivity index (χ0v) is 25.1. The number of rotatable bonds is 8. The summed E-state index contributed by atoms with van der Waals surface area (Å²) < 4.78 is 20.1. The van der Waals surface area contributed by atoms with Crippen molar-refractivity contribution in [3.8, 4) is 11.1 Å². The van der Waals surface area contributed by atoms with Gasteiger partial charge in [-0.15, -0.1) is 0 Å². The summed E-state index contributed by atoms with van der Waals surface area (Å²) in [5, 5.41) is 6.60. The molecule has 1 fully saturated rings. The molecule has 14 heteroatoms. The molecule has 2 amide bonds. The molecule has 4 rings (SSSR count). The van der Waals surface area contributed by atoms with Crippen molar-refractivity contribution < 1.29 is 97.2 Å². The molecule has 2 aromatic carbocycles. The standard InChI is InChI=1S/C22H24N3O8P.2Na/c1-14(26)23-11-20-12-25(22(27)32-20)18-8-6-16(7-9-18)15-2-4-17(5-3-15)21-10-19(33-24-21)13-31-34(28,29)30;;/h2-9,19-20H,10-13H2,1H3,(H,23,26)(H2,28,29,30);;/q;2*+1/p-2/t19?,20-;;/m0../s1. The molecule has 2 aromatic rings. The maximum absolute atomic E-state index is 12.2. The van der Waals surface area contributed by atoms with Crippen LogP contribution < -0.4 is 79.1 Å². The SMILES string of the molecule is CC(=O)NC[C@H]1CN(c2ccc(-c3ccc(C4=NOC(COP(=O)([O-])[O-])C4)cc3)cc2)C(=O)O1.[Na+].[Na+].